The highest BCUT2D eigenvalue weighted by atomic mass is 35.5. The standard InChI is InChI=1S/C18H22Cl2N2O3/c19-13-3-4-15(16(20)10-13)18(24)22-7-5-12(6-8-22)17(23)21-11-14-2-1-9-25-14/h3-4,10,12,14H,1-2,5-9,11H2,(H,21,23)/t14-/m0/s1. The first-order valence-corrected chi connectivity index (χ1v) is 9.44. The van der Waals surface area contributed by atoms with Crippen molar-refractivity contribution in [2.24, 2.45) is 5.92 Å². The van der Waals surface area contributed by atoms with Crippen LogP contribution in [0.3, 0.4) is 0 Å². The monoisotopic (exact) mass is 384 g/mol. The summed E-state index contributed by atoms with van der Waals surface area (Å²) in [6, 6.07) is 4.88. The Balaban J connectivity index is 1.49. The molecule has 2 amide bonds. The highest BCUT2D eigenvalue weighted by molar-refractivity contribution is 6.36. The number of carbonyl (C=O) groups excluding carboxylic acids is 2. The number of amides is 2. The minimum absolute atomic E-state index is 0.0499. The third kappa shape index (κ3) is 4.66. The zero-order valence-corrected chi connectivity index (χ0v) is 15.5. The summed E-state index contributed by atoms with van der Waals surface area (Å²) in [5.74, 6) is -0.0989. The highest BCUT2D eigenvalue weighted by Gasteiger charge is 2.29. The van der Waals surface area contributed by atoms with E-state index in [0.717, 1.165) is 19.4 Å². The largest absolute Gasteiger partial charge is 0.376 e. The van der Waals surface area contributed by atoms with Crippen molar-refractivity contribution < 1.29 is 14.3 Å². The molecule has 0 unspecified atom stereocenters. The van der Waals surface area contributed by atoms with Gasteiger partial charge >= 0.3 is 0 Å². The van der Waals surface area contributed by atoms with E-state index in [2.05, 4.69) is 5.32 Å². The maximum Gasteiger partial charge on any atom is 0.255 e. The molecule has 2 saturated heterocycles. The van der Waals surface area contributed by atoms with E-state index in [1.165, 1.54) is 0 Å². The molecule has 0 radical (unpaired) electrons. The topological polar surface area (TPSA) is 58.6 Å². The molecule has 0 aromatic heterocycles. The number of nitrogens with zero attached hydrogens (tertiary/aromatic N) is 1. The number of piperidine rings is 1. The van der Waals surface area contributed by atoms with Crippen molar-refractivity contribution in [2.75, 3.05) is 26.2 Å². The first-order chi connectivity index (χ1) is 12.0. The van der Waals surface area contributed by atoms with Gasteiger partial charge in [-0.1, -0.05) is 23.2 Å². The zero-order valence-electron chi connectivity index (χ0n) is 14.0. The third-order valence-electron chi connectivity index (χ3n) is 4.84. The molecule has 2 aliphatic rings. The van der Waals surface area contributed by atoms with E-state index in [0.29, 0.717) is 48.1 Å². The first-order valence-electron chi connectivity index (χ1n) is 8.68. The number of ether oxygens (including phenoxy) is 1. The summed E-state index contributed by atoms with van der Waals surface area (Å²) in [5.41, 5.74) is 0.451. The number of likely N-dealkylation sites (tertiary alicyclic amines) is 1. The van der Waals surface area contributed by atoms with Crippen LogP contribution in [0.2, 0.25) is 10.0 Å². The van der Waals surface area contributed by atoms with Crippen molar-refractivity contribution in [3.8, 4) is 0 Å². The van der Waals surface area contributed by atoms with E-state index < -0.39 is 0 Å². The summed E-state index contributed by atoms with van der Waals surface area (Å²) in [5, 5.41) is 3.84. The molecule has 5 nitrogen and oxygen atoms in total. The van der Waals surface area contributed by atoms with E-state index in [1.807, 2.05) is 0 Å². The SMILES string of the molecule is O=C(NC[C@@H]1CCCO1)C1CCN(C(=O)c2ccc(Cl)cc2Cl)CC1. The molecule has 0 spiro atoms. The number of hydrogen-bond acceptors (Lipinski definition) is 3. The fraction of sp³-hybridized carbons (Fsp3) is 0.556. The lowest BCUT2D eigenvalue weighted by molar-refractivity contribution is -0.126. The van der Waals surface area contributed by atoms with Crippen LogP contribution in [-0.4, -0.2) is 49.1 Å². The van der Waals surface area contributed by atoms with Crippen molar-refractivity contribution in [1.29, 1.82) is 0 Å². The average Bonchev–Trinajstić information content (AvgIpc) is 3.13. The predicted octanol–water partition coefficient (Wildman–Crippen LogP) is 3.14. The predicted molar refractivity (Wildman–Crippen MR) is 97.1 cm³/mol. The van der Waals surface area contributed by atoms with Crippen molar-refractivity contribution in [3.63, 3.8) is 0 Å². The van der Waals surface area contributed by atoms with Crippen LogP contribution in [-0.2, 0) is 9.53 Å². The van der Waals surface area contributed by atoms with E-state index in [4.69, 9.17) is 27.9 Å². The number of halogens is 2. The Bertz CT molecular complexity index is 639. The van der Waals surface area contributed by atoms with Crippen molar-refractivity contribution >= 4 is 35.0 Å². The Hall–Kier alpha value is -1.30. The second-order valence-corrected chi connectivity index (χ2v) is 7.41. The Morgan fingerprint density at radius 3 is 2.60 bits per heavy atom. The highest BCUT2D eigenvalue weighted by Crippen LogP contribution is 2.25. The minimum atomic E-state index is -0.111. The van der Waals surface area contributed by atoms with Gasteiger partial charge in [-0.2, -0.15) is 0 Å². The summed E-state index contributed by atoms with van der Waals surface area (Å²) in [6.07, 6.45) is 3.55. The summed E-state index contributed by atoms with van der Waals surface area (Å²) >= 11 is 12.0. The Morgan fingerprint density at radius 2 is 1.96 bits per heavy atom. The fourth-order valence-corrected chi connectivity index (χ4v) is 3.83. The Morgan fingerprint density at radius 1 is 1.20 bits per heavy atom. The van der Waals surface area contributed by atoms with Crippen LogP contribution in [0.5, 0.6) is 0 Å². The zero-order chi connectivity index (χ0) is 17.8. The van der Waals surface area contributed by atoms with Crippen LogP contribution in [0.1, 0.15) is 36.0 Å². The molecule has 136 valence electrons. The van der Waals surface area contributed by atoms with Gasteiger partial charge in [0.2, 0.25) is 5.91 Å². The van der Waals surface area contributed by atoms with Gasteiger partial charge in [0.25, 0.3) is 5.91 Å². The number of carbonyl (C=O) groups is 2. The first kappa shape index (κ1) is 18.5. The third-order valence-corrected chi connectivity index (χ3v) is 5.39. The van der Waals surface area contributed by atoms with E-state index in [-0.39, 0.29) is 23.8 Å². The van der Waals surface area contributed by atoms with Crippen LogP contribution in [0, 0.1) is 5.92 Å². The summed E-state index contributed by atoms with van der Waals surface area (Å²) in [4.78, 5) is 26.6. The molecule has 1 N–H and O–H groups in total. The average molecular weight is 385 g/mol. The van der Waals surface area contributed by atoms with Crippen molar-refractivity contribution in [3.05, 3.63) is 33.8 Å². The molecule has 0 bridgehead atoms. The minimum Gasteiger partial charge on any atom is -0.376 e. The van der Waals surface area contributed by atoms with E-state index in [1.54, 1.807) is 23.1 Å². The smallest absolute Gasteiger partial charge is 0.255 e. The van der Waals surface area contributed by atoms with Gasteiger partial charge in [-0.15, -0.1) is 0 Å². The Kier molecular flexibility index (Phi) is 6.20. The molecule has 0 saturated carbocycles. The molecule has 1 atom stereocenters. The molecule has 25 heavy (non-hydrogen) atoms. The van der Waals surface area contributed by atoms with Crippen LogP contribution in [0.4, 0.5) is 0 Å². The number of hydrogen-bond donors (Lipinski definition) is 1. The van der Waals surface area contributed by atoms with Crippen molar-refractivity contribution in [1.82, 2.24) is 10.2 Å². The van der Waals surface area contributed by atoms with Gasteiger partial charge < -0.3 is 15.0 Å². The second-order valence-electron chi connectivity index (χ2n) is 6.57. The summed E-state index contributed by atoms with van der Waals surface area (Å²) in [6.45, 7) is 2.47. The molecule has 1 aromatic carbocycles. The quantitative estimate of drug-likeness (QED) is 0.867. The maximum absolute atomic E-state index is 12.6. The van der Waals surface area contributed by atoms with Crippen LogP contribution in [0.25, 0.3) is 0 Å². The van der Waals surface area contributed by atoms with Crippen molar-refractivity contribution in [2.45, 2.75) is 31.8 Å². The molecule has 2 aliphatic heterocycles. The lowest BCUT2D eigenvalue weighted by atomic mass is 9.95. The number of benzene rings is 1. The summed E-state index contributed by atoms with van der Waals surface area (Å²) < 4.78 is 5.52. The molecular weight excluding hydrogens is 363 g/mol. The van der Waals surface area contributed by atoms with Crippen LogP contribution >= 0.6 is 23.2 Å². The summed E-state index contributed by atoms with van der Waals surface area (Å²) in [7, 11) is 0. The number of nitrogens with one attached hydrogen (secondary N) is 1. The second kappa shape index (κ2) is 8.39. The molecule has 1 aromatic rings. The molecule has 3 rings (SSSR count). The normalized spacial score (nSPS) is 21.4. The lowest BCUT2D eigenvalue weighted by Crippen LogP contribution is -2.44. The van der Waals surface area contributed by atoms with Gasteiger partial charge in [-0.25, -0.2) is 0 Å². The van der Waals surface area contributed by atoms with E-state index in [9.17, 15) is 9.59 Å². The molecule has 0 aliphatic carbocycles. The Labute approximate surface area is 157 Å². The van der Waals surface area contributed by atoms with Gasteiger partial charge in [-0.05, 0) is 43.9 Å². The fourth-order valence-electron chi connectivity index (χ4n) is 3.34. The van der Waals surface area contributed by atoms with Gasteiger partial charge in [-0.3, -0.25) is 9.59 Å². The van der Waals surface area contributed by atoms with Crippen LogP contribution < -0.4 is 5.32 Å². The van der Waals surface area contributed by atoms with Crippen LogP contribution in [0.15, 0.2) is 18.2 Å². The molecule has 2 fully saturated rings. The van der Waals surface area contributed by atoms with Gasteiger partial charge in [0, 0.05) is 37.2 Å². The lowest BCUT2D eigenvalue weighted by Gasteiger charge is -2.31. The van der Waals surface area contributed by atoms with E-state index >= 15 is 0 Å². The van der Waals surface area contributed by atoms with Gasteiger partial charge in [0.15, 0.2) is 0 Å². The maximum atomic E-state index is 12.6. The molecular formula is C18H22Cl2N2O3. The van der Waals surface area contributed by atoms with Gasteiger partial charge in [0.05, 0.1) is 16.7 Å². The number of rotatable bonds is 4. The van der Waals surface area contributed by atoms with Gasteiger partial charge in [0.1, 0.15) is 0 Å². The molecule has 7 heteroatoms. The molecule has 2 heterocycles.